The lowest BCUT2D eigenvalue weighted by Crippen LogP contribution is -2.41. The molecule has 2 rings (SSSR count). The van der Waals surface area contributed by atoms with Gasteiger partial charge < -0.3 is 9.31 Å². The van der Waals surface area contributed by atoms with Crippen LogP contribution < -0.4 is 5.46 Å². The molecule has 0 spiro atoms. The Hall–Kier alpha value is -1.01. The van der Waals surface area contributed by atoms with Crippen LogP contribution in [0.15, 0.2) is 12.1 Å². The lowest BCUT2D eigenvalue weighted by Gasteiger charge is -2.32. The van der Waals surface area contributed by atoms with Crippen molar-refractivity contribution in [3.05, 3.63) is 24.0 Å². The van der Waals surface area contributed by atoms with Crippen LogP contribution in [0.1, 0.15) is 41.5 Å². The van der Waals surface area contributed by atoms with Crippen LogP contribution in [-0.2, 0) is 9.31 Å². The first-order valence-electron chi connectivity index (χ1n) is 6.40. The van der Waals surface area contributed by atoms with Crippen molar-refractivity contribution in [1.82, 2.24) is 4.98 Å². The third-order valence-corrected chi connectivity index (χ3v) is 3.35. The molecule has 1 aliphatic heterocycles. The molecule has 0 bridgehead atoms. The second-order valence-corrected chi connectivity index (χ2v) is 5.10. The summed E-state index contributed by atoms with van der Waals surface area (Å²) >= 11 is 0. The molecule has 0 atom stereocenters. The highest BCUT2D eigenvalue weighted by Gasteiger charge is 2.52. The summed E-state index contributed by atoms with van der Waals surface area (Å²) in [6.45, 7) is 11.5. The number of nitrogens with zero attached hydrogens (tertiary/aromatic N) is 1. The molecule has 0 aromatic carbocycles. The van der Waals surface area contributed by atoms with Gasteiger partial charge in [-0.25, -0.2) is 0 Å². The third kappa shape index (κ3) is 3.12. The minimum Gasteiger partial charge on any atom is -0.399 e. The summed E-state index contributed by atoms with van der Waals surface area (Å²) in [5, 5.41) is 0. The van der Waals surface area contributed by atoms with Gasteiger partial charge in [0.1, 0.15) is 0 Å². The number of aromatic nitrogens is 1. The predicted octanol–water partition coefficient (Wildman–Crippen LogP) is 2.69. The van der Waals surface area contributed by atoms with Crippen LogP contribution in [0.2, 0.25) is 0 Å². The SMILES string of the molecule is CC.CC1(C)OB(c2ccc(F)nc2F)OC1(C)C. The molecule has 19 heavy (non-hydrogen) atoms. The highest BCUT2D eigenvalue weighted by Crippen LogP contribution is 2.36. The molecule has 1 aromatic heterocycles. The van der Waals surface area contributed by atoms with Gasteiger partial charge in [0, 0.05) is 5.46 Å². The molecular weight excluding hydrogens is 251 g/mol. The molecule has 3 nitrogen and oxygen atoms in total. The lowest BCUT2D eigenvalue weighted by molar-refractivity contribution is 0.00578. The van der Waals surface area contributed by atoms with Crippen molar-refractivity contribution in [2.75, 3.05) is 0 Å². The fraction of sp³-hybridized carbons (Fsp3) is 0.615. The molecular formula is C13H20BF2NO2. The fourth-order valence-electron chi connectivity index (χ4n) is 1.57. The van der Waals surface area contributed by atoms with Crippen LogP contribution in [0.25, 0.3) is 0 Å². The Morgan fingerprint density at radius 1 is 1.00 bits per heavy atom. The van der Waals surface area contributed by atoms with Gasteiger partial charge in [-0.2, -0.15) is 13.8 Å². The van der Waals surface area contributed by atoms with Gasteiger partial charge in [0.05, 0.1) is 11.2 Å². The van der Waals surface area contributed by atoms with E-state index in [0.29, 0.717) is 0 Å². The van der Waals surface area contributed by atoms with Crippen molar-refractivity contribution < 1.29 is 18.1 Å². The van der Waals surface area contributed by atoms with E-state index in [4.69, 9.17) is 9.31 Å². The van der Waals surface area contributed by atoms with Crippen molar-refractivity contribution in [3.63, 3.8) is 0 Å². The molecule has 2 heterocycles. The molecule has 1 aromatic rings. The van der Waals surface area contributed by atoms with Gasteiger partial charge >= 0.3 is 7.12 Å². The van der Waals surface area contributed by atoms with Crippen LogP contribution in [0.5, 0.6) is 0 Å². The number of rotatable bonds is 1. The summed E-state index contributed by atoms with van der Waals surface area (Å²) in [4.78, 5) is 3.12. The Bertz CT molecular complexity index is 436. The summed E-state index contributed by atoms with van der Waals surface area (Å²) in [5.74, 6) is -1.76. The maximum atomic E-state index is 13.5. The van der Waals surface area contributed by atoms with E-state index in [1.165, 1.54) is 6.07 Å². The summed E-state index contributed by atoms with van der Waals surface area (Å²) in [5.41, 5.74) is -0.998. The monoisotopic (exact) mass is 271 g/mol. The fourth-order valence-corrected chi connectivity index (χ4v) is 1.57. The van der Waals surface area contributed by atoms with Crippen LogP contribution in [0.3, 0.4) is 0 Å². The Morgan fingerprint density at radius 2 is 1.47 bits per heavy atom. The molecule has 0 saturated carbocycles. The maximum Gasteiger partial charge on any atom is 0.499 e. The maximum absolute atomic E-state index is 13.5. The first-order valence-corrected chi connectivity index (χ1v) is 6.40. The molecule has 0 N–H and O–H groups in total. The van der Waals surface area contributed by atoms with Crippen LogP contribution >= 0.6 is 0 Å². The number of hydrogen-bond donors (Lipinski definition) is 0. The number of pyridine rings is 1. The predicted molar refractivity (Wildman–Crippen MR) is 71.2 cm³/mol. The molecule has 0 radical (unpaired) electrons. The van der Waals surface area contributed by atoms with Crippen molar-refractivity contribution in [1.29, 1.82) is 0 Å². The average Bonchev–Trinajstić information content (AvgIpc) is 2.50. The topological polar surface area (TPSA) is 31.4 Å². The van der Waals surface area contributed by atoms with Gasteiger partial charge in [-0.15, -0.1) is 0 Å². The second-order valence-electron chi connectivity index (χ2n) is 5.10. The minimum absolute atomic E-state index is 0.116. The molecule has 0 aliphatic carbocycles. The Kier molecular flexibility index (Phi) is 4.69. The summed E-state index contributed by atoms with van der Waals surface area (Å²) in [6.07, 6.45) is 0. The molecule has 106 valence electrons. The molecule has 6 heteroatoms. The van der Waals surface area contributed by atoms with E-state index in [9.17, 15) is 8.78 Å². The van der Waals surface area contributed by atoms with Gasteiger partial charge in [0.2, 0.25) is 11.9 Å². The van der Waals surface area contributed by atoms with E-state index in [1.807, 2.05) is 41.5 Å². The summed E-state index contributed by atoms with van der Waals surface area (Å²) < 4.78 is 37.5. The standard InChI is InChI=1S/C11H14BF2NO2.C2H6/c1-10(2)11(3,4)17-12(16-10)7-5-6-8(13)15-9(7)14;1-2/h5-6H,1-4H3;1-2H3. The highest BCUT2D eigenvalue weighted by molar-refractivity contribution is 6.62. The molecule has 0 unspecified atom stereocenters. The van der Waals surface area contributed by atoms with Gasteiger partial charge in [-0.3, -0.25) is 0 Å². The quantitative estimate of drug-likeness (QED) is 0.581. The average molecular weight is 271 g/mol. The summed E-state index contributed by atoms with van der Waals surface area (Å²) in [6, 6.07) is 2.38. The van der Waals surface area contributed by atoms with E-state index >= 15 is 0 Å². The van der Waals surface area contributed by atoms with Crippen LogP contribution in [0, 0.1) is 11.9 Å². The molecule has 1 fully saturated rings. The first-order chi connectivity index (χ1) is 8.73. The minimum atomic E-state index is -0.900. The van der Waals surface area contributed by atoms with Crippen molar-refractivity contribution >= 4 is 12.6 Å². The number of halogens is 2. The third-order valence-electron chi connectivity index (χ3n) is 3.35. The van der Waals surface area contributed by atoms with Gasteiger partial charge in [-0.1, -0.05) is 19.9 Å². The summed E-state index contributed by atoms with van der Waals surface area (Å²) in [7, 11) is -0.854. The van der Waals surface area contributed by atoms with Crippen molar-refractivity contribution in [2.24, 2.45) is 0 Å². The number of hydrogen-bond acceptors (Lipinski definition) is 3. The molecule has 1 saturated heterocycles. The van der Waals surface area contributed by atoms with Crippen LogP contribution in [-0.4, -0.2) is 23.3 Å². The second kappa shape index (κ2) is 5.55. The molecule has 0 amide bonds. The lowest BCUT2D eigenvalue weighted by atomic mass is 9.80. The zero-order chi connectivity index (χ0) is 14.8. The normalized spacial score (nSPS) is 19.9. The largest absolute Gasteiger partial charge is 0.499 e. The van der Waals surface area contributed by atoms with Gasteiger partial charge in [0.25, 0.3) is 0 Å². The Morgan fingerprint density at radius 3 is 1.89 bits per heavy atom. The van der Waals surface area contributed by atoms with E-state index in [-0.39, 0.29) is 5.46 Å². The van der Waals surface area contributed by atoms with Crippen LogP contribution in [0.4, 0.5) is 8.78 Å². The van der Waals surface area contributed by atoms with Crippen molar-refractivity contribution in [3.8, 4) is 0 Å². The smallest absolute Gasteiger partial charge is 0.399 e. The van der Waals surface area contributed by atoms with E-state index < -0.39 is 30.2 Å². The van der Waals surface area contributed by atoms with E-state index in [0.717, 1.165) is 6.07 Å². The molecule has 1 aliphatic rings. The highest BCUT2D eigenvalue weighted by atomic mass is 19.1. The zero-order valence-corrected chi connectivity index (χ0v) is 12.3. The van der Waals surface area contributed by atoms with Gasteiger partial charge in [-0.05, 0) is 33.8 Å². The Labute approximate surface area is 113 Å². The zero-order valence-electron chi connectivity index (χ0n) is 12.3. The van der Waals surface area contributed by atoms with Gasteiger partial charge in [0.15, 0.2) is 0 Å². The Balaban J connectivity index is 0.000000861. The first kappa shape index (κ1) is 16.1. The van der Waals surface area contributed by atoms with E-state index in [1.54, 1.807) is 0 Å². The van der Waals surface area contributed by atoms with E-state index in [2.05, 4.69) is 4.98 Å². The van der Waals surface area contributed by atoms with Crippen molar-refractivity contribution in [2.45, 2.75) is 52.7 Å².